The van der Waals surface area contributed by atoms with Gasteiger partial charge in [-0.05, 0) is 36.3 Å². The second-order valence-electron chi connectivity index (χ2n) is 7.29. The number of nitrogens with one attached hydrogen (secondary N) is 1. The van der Waals surface area contributed by atoms with E-state index < -0.39 is 24.7 Å². The molecule has 0 fully saturated rings. The number of carboxylic acids is 1. The van der Waals surface area contributed by atoms with Gasteiger partial charge in [-0.2, -0.15) is 0 Å². The van der Waals surface area contributed by atoms with Crippen molar-refractivity contribution in [2.24, 2.45) is 0 Å². The second kappa shape index (κ2) is 8.89. The van der Waals surface area contributed by atoms with Gasteiger partial charge in [0.1, 0.15) is 11.3 Å². The minimum Gasteiger partial charge on any atom is -0.480 e. The maximum Gasteiger partial charge on any atom is 0.424 e. The molecule has 152 valence electrons. The van der Waals surface area contributed by atoms with E-state index in [9.17, 15) is 19.3 Å². The third-order valence-corrected chi connectivity index (χ3v) is 6.42. The quantitative estimate of drug-likeness (QED) is 0.556. The summed E-state index contributed by atoms with van der Waals surface area (Å²) in [6, 6.07) is 5.55. The van der Waals surface area contributed by atoms with Gasteiger partial charge in [-0.25, -0.2) is 14.4 Å². The van der Waals surface area contributed by atoms with E-state index in [1.807, 2.05) is 45.9 Å². The van der Waals surface area contributed by atoms with E-state index >= 15 is 0 Å². The monoisotopic (exact) mass is 399 g/mol. The topological polar surface area (TPSA) is 102 Å². The molecule has 2 unspecified atom stereocenters. The van der Waals surface area contributed by atoms with Crippen LogP contribution in [-0.2, 0) is 14.1 Å². The fourth-order valence-electron chi connectivity index (χ4n) is 2.55. The normalized spacial score (nSPS) is 15.9. The summed E-state index contributed by atoms with van der Waals surface area (Å²) in [6.07, 6.45) is 0.0928. The zero-order chi connectivity index (χ0) is 21.0. The molecule has 1 aromatic carbocycles. The van der Waals surface area contributed by atoms with Gasteiger partial charge >= 0.3 is 19.2 Å². The minimum absolute atomic E-state index is 0.0434. The predicted octanol–water partition coefficient (Wildman–Crippen LogP) is 5.11. The van der Waals surface area contributed by atoms with E-state index in [2.05, 4.69) is 9.82 Å². The van der Waals surface area contributed by atoms with Gasteiger partial charge in [-0.15, -0.1) is 0 Å². The zero-order valence-electron chi connectivity index (χ0n) is 17.0. The highest BCUT2D eigenvalue weighted by molar-refractivity contribution is 7.74. The SMILES string of the molecule is CCC(C)(NP(=O)(Oc1c(C(C)C)cccc1C(C)C)C(=O)OC)C(=O)O. The molecule has 0 aliphatic rings. The number of carboxylic acid groups (broad SMARTS) is 1. The molecule has 1 rings (SSSR count). The molecule has 0 spiro atoms. The first kappa shape index (κ1) is 23.2. The van der Waals surface area contributed by atoms with Gasteiger partial charge in [0.15, 0.2) is 0 Å². The average molecular weight is 399 g/mol. The summed E-state index contributed by atoms with van der Waals surface area (Å²) in [5.74, 6) is -0.824. The predicted molar refractivity (Wildman–Crippen MR) is 105 cm³/mol. The van der Waals surface area contributed by atoms with Crippen molar-refractivity contribution in [3.63, 3.8) is 0 Å². The number of hydrogen-bond acceptors (Lipinski definition) is 5. The molecule has 0 aliphatic carbocycles. The van der Waals surface area contributed by atoms with Gasteiger partial charge in [-0.1, -0.05) is 52.8 Å². The van der Waals surface area contributed by atoms with Crippen LogP contribution >= 0.6 is 7.52 Å². The highest BCUT2D eigenvalue weighted by atomic mass is 31.2. The number of rotatable bonds is 9. The standard InChI is InChI=1S/C19H30NO6P/c1-8-19(6,17(21)22)20-27(24,18(23)25-7)26-16-14(12(2)3)10-9-11-15(16)13(4)5/h9-13H,8H2,1-7H3,(H,20,24)(H,21,22). The summed E-state index contributed by atoms with van der Waals surface area (Å²) < 4.78 is 23.9. The summed E-state index contributed by atoms with van der Waals surface area (Å²) in [4.78, 5) is 24.0. The molecular formula is C19H30NO6P. The molecule has 8 heteroatoms. The van der Waals surface area contributed by atoms with Crippen LogP contribution in [-0.4, -0.2) is 29.4 Å². The third kappa shape index (κ3) is 5.11. The van der Waals surface area contributed by atoms with Crippen molar-refractivity contribution in [1.29, 1.82) is 0 Å². The molecule has 0 bridgehead atoms. The Morgan fingerprint density at radius 2 is 1.67 bits per heavy atom. The number of hydrogen-bond donors (Lipinski definition) is 2. The van der Waals surface area contributed by atoms with Crippen LogP contribution in [0.2, 0.25) is 0 Å². The zero-order valence-corrected chi connectivity index (χ0v) is 17.9. The van der Waals surface area contributed by atoms with Crippen molar-refractivity contribution in [3.05, 3.63) is 29.3 Å². The van der Waals surface area contributed by atoms with Crippen LogP contribution in [0.15, 0.2) is 18.2 Å². The smallest absolute Gasteiger partial charge is 0.424 e. The molecule has 27 heavy (non-hydrogen) atoms. The Morgan fingerprint density at radius 3 is 2.00 bits per heavy atom. The number of carbonyl (C=O) groups excluding carboxylic acids is 1. The molecular weight excluding hydrogens is 369 g/mol. The number of carbonyl (C=O) groups is 2. The van der Waals surface area contributed by atoms with Crippen molar-refractivity contribution in [1.82, 2.24) is 5.09 Å². The number of para-hydroxylation sites is 1. The molecule has 0 aromatic heterocycles. The van der Waals surface area contributed by atoms with Crippen LogP contribution in [0.1, 0.15) is 70.9 Å². The molecule has 7 nitrogen and oxygen atoms in total. The molecule has 2 atom stereocenters. The van der Waals surface area contributed by atoms with Crippen molar-refractivity contribution >= 4 is 19.2 Å². The molecule has 2 N–H and O–H groups in total. The number of methoxy groups -OCH3 is 1. The summed E-state index contributed by atoms with van der Waals surface area (Å²) in [5.41, 5.74) is -1.19. The lowest BCUT2D eigenvalue weighted by Gasteiger charge is -2.30. The molecule has 0 aliphatic heterocycles. The maximum absolute atomic E-state index is 13.5. The lowest BCUT2D eigenvalue weighted by atomic mass is 9.94. The fourth-order valence-corrected chi connectivity index (χ4v) is 4.37. The van der Waals surface area contributed by atoms with E-state index in [0.717, 1.165) is 18.2 Å². The Labute approximate surface area is 161 Å². The average Bonchev–Trinajstić information content (AvgIpc) is 2.60. The van der Waals surface area contributed by atoms with Crippen LogP contribution < -0.4 is 9.61 Å². The van der Waals surface area contributed by atoms with E-state index in [-0.39, 0.29) is 18.3 Å². The Balaban J connectivity index is 3.56. The number of ether oxygens (including phenoxy) is 1. The molecule has 0 saturated heterocycles. The molecule has 1 aromatic rings. The maximum atomic E-state index is 13.5. The van der Waals surface area contributed by atoms with E-state index in [4.69, 9.17) is 4.52 Å². The van der Waals surface area contributed by atoms with Crippen molar-refractivity contribution in [2.45, 2.75) is 65.3 Å². The fraction of sp³-hybridized carbons (Fsp3) is 0.579. The number of aliphatic carboxylic acids is 1. The van der Waals surface area contributed by atoms with Crippen molar-refractivity contribution in [3.8, 4) is 5.75 Å². The van der Waals surface area contributed by atoms with E-state index in [1.165, 1.54) is 6.92 Å². The Hall–Kier alpha value is -1.85. The van der Waals surface area contributed by atoms with Crippen molar-refractivity contribution < 1.29 is 28.5 Å². The largest absolute Gasteiger partial charge is 0.480 e. The first-order valence-electron chi connectivity index (χ1n) is 8.95. The van der Waals surface area contributed by atoms with Crippen LogP contribution in [0.5, 0.6) is 5.75 Å². The van der Waals surface area contributed by atoms with Crippen LogP contribution in [0, 0.1) is 0 Å². The van der Waals surface area contributed by atoms with Gasteiger partial charge in [-0.3, -0.25) is 4.79 Å². The van der Waals surface area contributed by atoms with Gasteiger partial charge in [0.2, 0.25) is 0 Å². The Morgan fingerprint density at radius 1 is 1.19 bits per heavy atom. The molecule has 0 radical (unpaired) electrons. The van der Waals surface area contributed by atoms with Crippen LogP contribution in [0.25, 0.3) is 0 Å². The molecule has 0 heterocycles. The van der Waals surface area contributed by atoms with Gasteiger partial charge in [0.05, 0.1) is 7.11 Å². The molecule has 0 amide bonds. The van der Waals surface area contributed by atoms with E-state index in [0.29, 0.717) is 5.75 Å². The summed E-state index contributed by atoms with van der Waals surface area (Å²) in [7, 11) is -3.26. The Kier molecular flexibility index (Phi) is 7.64. The number of benzene rings is 1. The summed E-state index contributed by atoms with van der Waals surface area (Å²) >= 11 is 0. The highest BCUT2D eigenvalue weighted by Gasteiger charge is 2.46. The Bertz CT molecular complexity index is 719. The first-order valence-corrected chi connectivity index (χ1v) is 10.6. The summed E-state index contributed by atoms with van der Waals surface area (Å²) in [6.45, 7) is 10.8. The minimum atomic E-state index is -4.35. The van der Waals surface area contributed by atoms with Gasteiger partial charge in [0, 0.05) is 0 Å². The van der Waals surface area contributed by atoms with E-state index in [1.54, 1.807) is 6.92 Å². The van der Waals surface area contributed by atoms with Crippen LogP contribution in [0.3, 0.4) is 0 Å². The first-order chi connectivity index (χ1) is 12.4. The van der Waals surface area contributed by atoms with Crippen LogP contribution in [0.4, 0.5) is 4.79 Å². The van der Waals surface area contributed by atoms with Gasteiger partial charge < -0.3 is 14.4 Å². The highest BCUT2D eigenvalue weighted by Crippen LogP contribution is 2.50. The lowest BCUT2D eigenvalue weighted by Crippen LogP contribution is -2.48. The lowest BCUT2D eigenvalue weighted by molar-refractivity contribution is -0.143. The summed E-state index contributed by atoms with van der Waals surface area (Å²) in [5, 5.41) is 12.0. The third-order valence-electron chi connectivity index (χ3n) is 4.53. The second-order valence-corrected chi connectivity index (χ2v) is 9.16. The van der Waals surface area contributed by atoms with Gasteiger partial charge in [0.25, 0.3) is 0 Å². The molecule has 0 saturated carbocycles. The van der Waals surface area contributed by atoms with Crippen molar-refractivity contribution in [2.75, 3.05) is 7.11 Å².